The molecule has 3 rings (SSSR count). The molecule has 0 spiro atoms. The molecule has 1 aromatic rings. The van der Waals surface area contributed by atoms with E-state index in [1.807, 2.05) is 29.2 Å². The second kappa shape index (κ2) is 8.65. The first-order valence-electron chi connectivity index (χ1n) is 8.91. The smallest absolute Gasteiger partial charge is 0.228 e. The number of rotatable bonds is 5. The van der Waals surface area contributed by atoms with Crippen LogP contribution in [0, 0.1) is 17.2 Å². The van der Waals surface area contributed by atoms with Gasteiger partial charge in [-0.3, -0.25) is 9.59 Å². The summed E-state index contributed by atoms with van der Waals surface area (Å²) < 4.78 is 6.29. The number of carbonyl (C=O) groups excluding carboxylic acids is 2. The highest BCUT2D eigenvalue weighted by Gasteiger charge is 2.39. The second-order valence-corrected chi connectivity index (χ2v) is 7.58. The highest BCUT2D eigenvalue weighted by Crippen LogP contribution is 2.29. The van der Waals surface area contributed by atoms with Crippen molar-refractivity contribution in [3.05, 3.63) is 28.7 Å². The fourth-order valence-corrected chi connectivity index (χ4v) is 4.03. The lowest BCUT2D eigenvalue weighted by molar-refractivity contribution is -0.139. The second-order valence-electron chi connectivity index (χ2n) is 6.67. The van der Waals surface area contributed by atoms with Gasteiger partial charge in [0, 0.05) is 48.9 Å². The third-order valence-electron chi connectivity index (χ3n) is 4.97. The zero-order chi connectivity index (χ0) is 18.5. The van der Waals surface area contributed by atoms with Crippen molar-refractivity contribution in [2.75, 3.05) is 31.2 Å². The monoisotopic (exact) mass is 419 g/mol. The molecule has 7 heteroatoms. The van der Waals surface area contributed by atoms with Crippen LogP contribution in [0.5, 0.6) is 0 Å². The molecule has 0 radical (unpaired) electrons. The first kappa shape index (κ1) is 18.9. The van der Waals surface area contributed by atoms with Crippen molar-refractivity contribution in [1.29, 1.82) is 5.26 Å². The third-order valence-corrected chi connectivity index (χ3v) is 5.47. The van der Waals surface area contributed by atoms with Crippen LogP contribution in [0.2, 0.25) is 0 Å². The molecule has 2 aliphatic heterocycles. The largest absolute Gasteiger partial charge is 0.381 e. The molecule has 1 atom stereocenters. The van der Waals surface area contributed by atoms with Gasteiger partial charge in [-0.05, 0) is 31.0 Å². The fourth-order valence-electron chi connectivity index (χ4n) is 3.64. The number of nitriles is 1. The van der Waals surface area contributed by atoms with Gasteiger partial charge in [-0.15, -0.1) is 0 Å². The van der Waals surface area contributed by atoms with E-state index in [4.69, 9.17) is 10.00 Å². The number of benzene rings is 1. The van der Waals surface area contributed by atoms with Crippen LogP contribution < -0.4 is 4.90 Å². The van der Waals surface area contributed by atoms with Crippen molar-refractivity contribution in [2.24, 2.45) is 5.92 Å². The van der Waals surface area contributed by atoms with E-state index in [-0.39, 0.29) is 30.2 Å². The zero-order valence-corrected chi connectivity index (χ0v) is 16.2. The van der Waals surface area contributed by atoms with Crippen molar-refractivity contribution in [1.82, 2.24) is 4.90 Å². The van der Waals surface area contributed by atoms with Crippen molar-refractivity contribution in [3.63, 3.8) is 0 Å². The summed E-state index contributed by atoms with van der Waals surface area (Å²) in [5.74, 6) is -0.408. The third kappa shape index (κ3) is 4.25. The molecular formula is C19H22BrN3O3. The average Bonchev–Trinajstić information content (AvgIpc) is 3.04. The Morgan fingerprint density at radius 2 is 2.15 bits per heavy atom. The van der Waals surface area contributed by atoms with Gasteiger partial charge in [-0.2, -0.15) is 5.26 Å². The molecule has 26 heavy (non-hydrogen) atoms. The normalized spacial score (nSPS) is 20.8. The number of halogens is 1. The van der Waals surface area contributed by atoms with Gasteiger partial charge in [0.1, 0.15) is 0 Å². The van der Waals surface area contributed by atoms with Gasteiger partial charge < -0.3 is 14.5 Å². The number of anilines is 1. The van der Waals surface area contributed by atoms with Crippen LogP contribution in [-0.4, -0.2) is 49.1 Å². The van der Waals surface area contributed by atoms with Crippen LogP contribution in [0.25, 0.3) is 0 Å². The maximum atomic E-state index is 13.1. The van der Waals surface area contributed by atoms with Gasteiger partial charge in [0.2, 0.25) is 11.8 Å². The van der Waals surface area contributed by atoms with Crippen molar-refractivity contribution < 1.29 is 14.3 Å². The summed E-state index contributed by atoms with van der Waals surface area (Å²) in [5, 5.41) is 8.94. The van der Waals surface area contributed by atoms with E-state index in [0.29, 0.717) is 32.7 Å². The van der Waals surface area contributed by atoms with Crippen molar-refractivity contribution in [2.45, 2.75) is 31.7 Å². The summed E-state index contributed by atoms with van der Waals surface area (Å²) in [6.07, 6.45) is 2.09. The summed E-state index contributed by atoms with van der Waals surface area (Å²) in [4.78, 5) is 29.1. The predicted octanol–water partition coefficient (Wildman–Crippen LogP) is 2.72. The van der Waals surface area contributed by atoms with Crippen LogP contribution in [0.15, 0.2) is 28.7 Å². The van der Waals surface area contributed by atoms with E-state index in [9.17, 15) is 9.59 Å². The maximum Gasteiger partial charge on any atom is 0.228 e. The Hall–Kier alpha value is -1.91. The lowest BCUT2D eigenvalue weighted by atomic mass is 10.0. The first-order valence-corrected chi connectivity index (χ1v) is 9.70. The van der Waals surface area contributed by atoms with E-state index in [1.165, 1.54) is 0 Å². The van der Waals surface area contributed by atoms with Gasteiger partial charge >= 0.3 is 0 Å². The Morgan fingerprint density at radius 3 is 2.85 bits per heavy atom. The molecule has 2 fully saturated rings. The maximum absolute atomic E-state index is 13.1. The minimum atomic E-state index is -0.358. The van der Waals surface area contributed by atoms with E-state index < -0.39 is 0 Å². The molecule has 1 aromatic carbocycles. The zero-order valence-electron chi connectivity index (χ0n) is 14.6. The van der Waals surface area contributed by atoms with E-state index in [1.54, 1.807) is 4.90 Å². The van der Waals surface area contributed by atoms with Gasteiger partial charge in [0.25, 0.3) is 0 Å². The Balaban J connectivity index is 1.73. The summed E-state index contributed by atoms with van der Waals surface area (Å²) >= 11 is 3.42. The number of hydrogen-bond donors (Lipinski definition) is 0. The Labute approximate surface area is 161 Å². The summed E-state index contributed by atoms with van der Waals surface area (Å²) in [7, 11) is 0. The molecule has 0 bridgehead atoms. The minimum absolute atomic E-state index is 0.0157. The summed E-state index contributed by atoms with van der Waals surface area (Å²) in [6, 6.07) is 9.77. The van der Waals surface area contributed by atoms with Crippen molar-refractivity contribution in [3.8, 4) is 6.07 Å². The van der Waals surface area contributed by atoms with Crippen LogP contribution in [0.4, 0.5) is 5.69 Å². The molecule has 2 aliphatic rings. The molecule has 2 heterocycles. The van der Waals surface area contributed by atoms with Crippen LogP contribution in [0.1, 0.15) is 25.7 Å². The van der Waals surface area contributed by atoms with Gasteiger partial charge in [-0.25, -0.2) is 0 Å². The standard InChI is InChI=1S/C19H22BrN3O3/c20-15-3-1-4-17(12-15)23-13-14(11-18(23)24)19(25)22(8-2-7-21)16-5-9-26-10-6-16/h1,3-4,12,14,16H,2,5-6,8-11,13H2. The van der Waals surface area contributed by atoms with Gasteiger partial charge in [0.15, 0.2) is 0 Å². The fraction of sp³-hybridized carbons (Fsp3) is 0.526. The quantitative estimate of drug-likeness (QED) is 0.735. The van der Waals surface area contributed by atoms with E-state index in [0.717, 1.165) is 23.0 Å². The Kier molecular flexibility index (Phi) is 6.28. The van der Waals surface area contributed by atoms with Crippen molar-refractivity contribution >= 4 is 33.4 Å². The highest BCUT2D eigenvalue weighted by atomic mass is 79.9. The van der Waals surface area contributed by atoms with E-state index >= 15 is 0 Å². The van der Waals surface area contributed by atoms with Gasteiger partial charge in [-0.1, -0.05) is 22.0 Å². The number of amides is 2. The molecule has 138 valence electrons. The average molecular weight is 420 g/mol. The number of nitrogens with zero attached hydrogens (tertiary/aromatic N) is 3. The predicted molar refractivity (Wildman–Crippen MR) is 100 cm³/mol. The molecular weight excluding hydrogens is 398 g/mol. The van der Waals surface area contributed by atoms with Crippen LogP contribution >= 0.6 is 15.9 Å². The Bertz CT molecular complexity index is 712. The molecule has 6 nitrogen and oxygen atoms in total. The minimum Gasteiger partial charge on any atom is -0.381 e. The van der Waals surface area contributed by atoms with Crippen LogP contribution in [-0.2, 0) is 14.3 Å². The Morgan fingerprint density at radius 1 is 1.38 bits per heavy atom. The highest BCUT2D eigenvalue weighted by molar-refractivity contribution is 9.10. The number of ether oxygens (including phenoxy) is 1. The SMILES string of the molecule is N#CCCN(C(=O)C1CC(=O)N(c2cccc(Br)c2)C1)C1CCOCC1. The lowest BCUT2D eigenvalue weighted by Crippen LogP contribution is -2.47. The molecule has 0 N–H and O–H groups in total. The van der Waals surface area contributed by atoms with E-state index in [2.05, 4.69) is 22.0 Å². The van der Waals surface area contributed by atoms with Crippen LogP contribution in [0.3, 0.4) is 0 Å². The molecule has 2 amide bonds. The first-order chi connectivity index (χ1) is 12.6. The summed E-state index contributed by atoms with van der Waals surface area (Å²) in [5.41, 5.74) is 0.800. The molecule has 0 saturated carbocycles. The lowest BCUT2D eigenvalue weighted by Gasteiger charge is -2.35. The van der Waals surface area contributed by atoms with Gasteiger partial charge in [0.05, 0.1) is 18.4 Å². The molecule has 2 saturated heterocycles. The molecule has 0 aliphatic carbocycles. The molecule has 0 aromatic heterocycles. The molecule has 1 unspecified atom stereocenters. The summed E-state index contributed by atoms with van der Waals surface area (Å²) in [6.45, 7) is 2.07. The topological polar surface area (TPSA) is 73.6 Å². The number of carbonyl (C=O) groups is 2. The number of hydrogen-bond acceptors (Lipinski definition) is 4.